The van der Waals surface area contributed by atoms with E-state index in [1.807, 2.05) is 88.4 Å². The highest BCUT2D eigenvalue weighted by Crippen LogP contribution is 2.61. The molecule has 286 valence electrons. The fourth-order valence-corrected chi connectivity index (χ4v) is 8.86. The molecule has 0 aliphatic heterocycles. The van der Waals surface area contributed by atoms with Crippen molar-refractivity contribution >= 4 is 42.0 Å². The molecule has 0 spiro atoms. The lowest BCUT2D eigenvalue weighted by atomic mass is 9.49. The topological polar surface area (TPSA) is 132 Å². The predicted molar refractivity (Wildman–Crippen MR) is 202 cm³/mol. The number of carbonyl (C=O) groups excluding carboxylic acids is 5. The summed E-state index contributed by atoms with van der Waals surface area (Å²) in [6, 6.07) is 18.7. The lowest BCUT2D eigenvalue weighted by molar-refractivity contribution is -0.204. The summed E-state index contributed by atoms with van der Waals surface area (Å²) in [5.74, 6) is -4.21. The van der Waals surface area contributed by atoms with E-state index in [-0.39, 0.29) is 6.42 Å². The molecule has 0 heterocycles. The highest BCUT2D eigenvalue weighted by molar-refractivity contribution is 5.88. The summed E-state index contributed by atoms with van der Waals surface area (Å²) in [5.41, 5.74) is 1.48. The molecule has 2 aromatic carbocycles. The summed E-state index contributed by atoms with van der Waals surface area (Å²) >= 11 is 0. The summed E-state index contributed by atoms with van der Waals surface area (Å²) in [7, 11) is 0. The highest BCUT2D eigenvalue weighted by atomic mass is 16.6. The monoisotopic (exact) mass is 738 g/mol. The van der Waals surface area contributed by atoms with Crippen LogP contribution in [-0.2, 0) is 47.7 Å². The van der Waals surface area contributed by atoms with Crippen LogP contribution in [0.1, 0.15) is 78.9 Å². The molecule has 8 atom stereocenters. The van der Waals surface area contributed by atoms with E-state index in [9.17, 15) is 24.0 Å². The molecule has 54 heavy (non-hydrogen) atoms. The van der Waals surface area contributed by atoms with E-state index in [1.165, 1.54) is 32.9 Å². The van der Waals surface area contributed by atoms with Crippen LogP contribution in [0.2, 0.25) is 0 Å². The summed E-state index contributed by atoms with van der Waals surface area (Å²) in [4.78, 5) is 65.6. The second kappa shape index (κ2) is 16.4. The molecular weight excluding hydrogens is 688 g/mol. The number of benzene rings is 2. The van der Waals surface area contributed by atoms with E-state index < -0.39 is 83.0 Å². The first-order valence-corrected chi connectivity index (χ1v) is 18.3. The van der Waals surface area contributed by atoms with Gasteiger partial charge in [-0.2, -0.15) is 0 Å². The molecular formula is C44H50O10. The Morgan fingerprint density at radius 2 is 1.20 bits per heavy atom. The van der Waals surface area contributed by atoms with Gasteiger partial charge < -0.3 is 23.7 Å². The number of carbonyl (C=O) groups is 5. The van der Waals surface area contributed by atoms with Crippen LogP contribution >= 0.6 is 0 Å². The van der Waals surface area contributed by atoms with Gasteiger partial charge in [0.1, 0.15) is 24.4 Å². The van der Waals surface area contributed by atoms with Gasteiger partial charge in [0.15, 0.2) is 6.10 Å². The molecule has 2 bridgehead atoms. The van der Waals surface area contributed by atoms with Crippen LogP contribution < -0.4 is 0 Å². The van der Waals surface area contributed by atoms with Crippen molar-refractivity contribution in [3.63, 3.8) is 0 Å². The van der Waals surface area contributed by atoms with Crippen molar-refractivity contribution in [3.05, 3.63) is 107 Å². The highest BCUT2D eigenvalue weighted by Gasteiger charge is 2.64. The Bertz CT molecular complexity index is 1860. The van der Waals surface area contributed by atoms with Crippen molar-refractivity contribution in [1.29, 1.82) is 0 Å². The molecule has 2 aromatic rings. The van der Waals surface area contributed by atoms with Crippen LogP contribution in [-0.4, -0.2) is 60.4 Å². The fourth-order valence-electron chi connectivity index (χ4n) is 8.86. The maximum atomic E-state index is 13.4. The standard InChI is InChI=1S/C44H50O10/c1-26-34(53-36(48)21-19-31-15-11-9-12-16-31)23-24-44(8)39(26)40(50-28(3)45)33-25-35(54-37(49)22-20-32-17-13-10-14-18-32)27(2)38(43(33,6)7)41(51-29(4)46)42(44)52-30(5)47/h9-22,33-35,39-42H,1,23-25H2,2-8H3/b21-19+,22-20+/t33-,34-,35-,39-,40+,41+,42-,44+/m0/s1. The molecule has 3 aliphatic rings. The zero-order valence-electron chi connectivity index (χ0n) is 32.0. The molecule has 0 amide bonds. The maximum Gasteiger partial charge on any atom is 0.331 e. The van der Waals surface area contributed by atoms with E-state index in [1.54, 1.807) is 12.2 Å². The van der Waals surface area contributed by atoms with Crippen molar-refractivity contribution in [1.82, 2.24) is 0 Å². The Kier molecular flexibility index (Phi) is 12.1. The lowest BCUT2D eigenvalue weighted by Gasteiger charge is -2.60. The smallest absolute Gasteiger partial charge is 0.331 e. The number of ether oxygens (including phenoxy) is 5. The van der Waals surface area contributed by atoms with Crippen molar-refractivity contribution in [2.45, 2.75) is 98.2 Å². The van der Waals surface area contributed by atoms with Crippen molar-refractivity contribution in [2.75, 3.05) is 0 Å². The number of fused-ring (bicyclic) bond motifs is 3. The van der Waals surface area contributed by atoms with Gasteiger partial charge in [0.2, 0.25) is 0 Å². The van der Waals surface area contributed by atoms with E-state index in [2.05, 4.69) is 6.58 Å². The SMILES string of the molecule is C=C1[C@@H](OC(=O)/C=C/c2ccccc2)CC[C@@]2(C)[C@@H](OC(C)=O)[C@H](OC(C)=O)C3=C(C)[C@@H](OC(=O)/C=C/c4ccccc4)C[C@@H]([C@@H](OC(C)=O)[C@H]12)C3(C)C. The average molecular weight is 739 g/mol. The number of hydrogen-bond donors (Lipinski definition) is 0. The number of esters is 5. The molecule has 10 nitrogen and oxygen atoms in total. The third-order valence-corrected chi connectivity index (χ3v) is 11.2. The fraction of sp³-hybridized carbons (Fsp3) is 0.432. The molecule has 3 aliphatic carbocycles. The number of hydrogen-bond acceptors (Lipinski definition) is 10. The maximum absolute atomic E-state index is 13.4. The molecule has 0 saturated heterocycles. The Morgan fingerprint density at radius 1 is 0.704 bits per heavy atom. The molecule has 10 heteroatoms. The molecule has 0 N–H and O–H groups in total. The minimum atomic E-state index is -1.10. The summed E-state index contributed by atoms with van der Waals surface area (Å²) in [6.45, 7) is 16.0. The van der Waals surface area contributed by atoms with Gasteiger partial charge in [-0.15, -0.1) is 0 Å². The van der Waals surface area contributed by atoms with E-state index >= 15 is 0 Å². The first kappa shape index (κ1) is 39.9. The van der Waals surface area contributed by atoms with Gasteiger partial charge >= 0.3 is 29.8 Å². The molecule has 0 unspecified atom stereocenters. The quantitative estimate of drug-likeness (QED) is 0.111. The Balaban J connectivity index is 1.62. The van der Waals surface area contributed by atoms with Crippen molar-refractivity contribution in [3.8, 4) is 0 Å². The Labute approximate surface area is 317 Å². The largest absolute Gasteiger partial charge is 0.462 e. The lowest BCUT2D eigenvalue weighted by Crippen LogP contribution is -2.64. The van der Waals surface area contributed by atoms with Crippen LogP contribution in [0.4, 0.5) is 0 Å². The van der Waals surface area contributed by atoms with Gasteiger partial charge in [0.05, 0.1) is 0 Å². The third kappa shape index (κ3) is 8.59. The van der Waals surface area contributed by atoms with Crippen molar-refractivity contribution < 1.29 is 47.7 Å². The first-order chi connectivity index (χ1) is 25.5. The van der Waals surface area contributed by atoms with Gasteiger partial charge in [0, 0.05) is 50.2 Å². The predicted octanol–water partition coefficient (Wildman–Crippen LogP) is 7.38. The second-order valence-corrected chi connectivity index (χ2v) is 15.2. The van der Waals surface area contributed by atoms with Gasteiger partial charge in [-0.05, 0) is 71.6 Å². The Hall–Kier alpha value is -5.25. The third-order valence-electron chi connectivity index (χ3n) is 11.2. The molecule has 0 aromatic heterocycles. The zero-order valence-corrected chi connectivity index (χ0v) is 32.0. The average Bonchev–Trinajstić information content (AvgIpc) is 3.10. The van der Waals surface area contributed by atoms with Gasteiger partial charge in [-0.3, -0.25) is 14.4 Å². The number of rotatable bonds is 9. The van der Waals surface area contributed by atoms with Gasteiger partial charge in [0.25, 0.3) is 0 Å². The summed E-state index contributed by atoms with van der Waals surface area (Å²) < 4.78 is 30.8. The Morgan fingerprint density at radius 3 is 1.70 bits per heavy atom. The van der Waals surface area contributed by atoms with Crippen LogP contribution in [0.15, 0.2) is 96.1 Å². The van der Waals surface area contributed by atoms with Crippen molar-refractivity contribution in [2.24, 2.45) is 22.7 Å². The van der Waals surface area contributed by atoms with E-state index in [0.717, 1.165) is 11.1 Å². The van der Waals surface area contributed by atoms with E-state index in [4.69, 9.17) is 23.7 Å². The minimum absolute atomic E-state index is 0.250. The minimum Gasteiger partial charge on any atom is -0.462 e. The van der Waals surface area contributed by atoms with Gasteiger partial charge in [-0.25, -0.2) is 9.59 Å². The molecule has 5 rings (SSSR count). The molecule has 0 radical (unpaired) electrons. The van der Waals surface area contributed by atoms with Crippen LogP contribution in [0.25, 0.3) is 12.2 Å². The zero-order chi connectivity index (χ0) is 39.4. The summed E-state index contributed by atoms with van der Waals surface area (Å²) in [6.07, 6.45) is 2.21. The van der Waals surface area contributed by atoms with Gasteiger partial charge in [-0.1, -0.05) is 88.0 Å². The molecule has 2 fully saturated rings. The second-order valence-electron chi connectivity index (χ2n) is 15.2. The van der Waals surface area contributed by atoms with Crippen LogP contribution in [0.3, 0.4) is 0 Å². The molecule has 2 saturated carbocycles. The van der Waals surface area contributed by atoms with E-state index in [0.29, 0.717) is 29.6 Å². The summed E-state index contributed by atoms with van der Waals surface area (Å²) in [5, 5.41) is 0. The first-order valence-electron chi connectivity index (χ1n) is 18.3. The normalized spacial score (nSPS) is 29.0. The van der Waals surface area contributed by atoms with Crippen LogP contribution in [0, 0.1) is 22.7 Å². The van der Waals surface area contributed by atoms with Crippen LogP contribution in [0.5, 0.6) is 0 Å².